The third kappa shape index (κ3) is 4.36. The highest BCUT2D eigenvalue weighted by Crippen LogP contribution is 2.17. The molecule has 0 unspecified atom stereocenters. The molecule has 0 atom stereocenters. The minimum Gasteiger partial charge on any atom is -0.492 e. The Balaban J connectivity index is 1.40. The Kier molecular flexibility index (Phi) is 5.35. The third-order valence-corrected chi connectivity index (χ3v) is 4.39. The molecule has 122 valence electrons. The maximum atomic E-state index is 12.2. The van der Waals surface area contributed by atoms with Crippen LogP contribution in [0.2, 0.25) is 0 Å². The highest BCUT2D eigenvalue weighted by molar-refractivity contribution is 9.10. The van der Waals surface area contributed by atoms with E-state index in [1.165, 1.54) is 12.5 Å². The van der Waals surface area contributed by atoms with E-state index in [0.29, 0.717) is 12.2 Å². The molecule has 0 bridgehead atoms. The van der Waals surface area contributed by atoms with Crippen LogP contribution in [0.4, 0.5) is 0 Å². The van der Waals surface area contributed by atoms with Crippen molar-refractivity contribution in [2.75, 3.05) is 39.3 Å². The standard InChI is InChI=1S/C17H19BrN2O3/c18-15-2-1-3-16(12-15)23-11-9-19-5-7-20(8-6-19)17(21)14-4-10-22-13-14/h1-4,10,12-13H,5-9,11H2. The van der Waals surface area contributed by atoms with Gasteiger partial charge in [-0.1, -0.05) is 22.0 Å². The first kappa shape index (κ1) is 16.1. The zero-order chi connectivity index (χ0) is 16.1. The fourth-order valence-corrected chi connectivity index (χ4v) is 2.97. The second-order valence-electron chi connectivity index (χ2n) is 5.45. The predicted octanol–water partition coefficient (Wildman–Crippen LogP) is 2.88. The van der Waals surface area contributed by atoms with Crippen LogP contribution in [0.1, 0.15) is 10.4 Å². The van der Waals surface area contributed by atoms with E-state index >= 15 is 0 Å². The van der Waals surface area contributed by atoms with Crippen LogP contribution in [-0.4, -0.2) is 55.0 Å². The zero-order valence-electron chi connectivity index (χ0n) is 12.8. The molecule has 1 aromatic carbocycles. The summed E-state index contributed by atoms with van der Waals surface area (Å²) in [6.07, 6.45) is 3.03. The van der Waals surface area contributed by atoms with Crippen LogP contribution in [0.15, 0.2) is 51.7 Å². The van der Waals surface area contributed by atoms with Crippen LogP contribution in [0.5, 0.6) is 5.75 Å². The fourth-order valence-electron chi connectivity index (χ4n) is 2.59. The Morgan fingerprint density at radius 3 is 2.74 bits per heavy atom. The van der Waals surface area contributed by atoms with Gasteiger partial charge in [-0.15, -0.1) is 0 Å². The lowest BCUT2D eigenvalue weighted by Gasteiger charge is -2.34. The van der Waals surface area contributed by atoms with Gasteiger partial charge in [0.25, 0.3) is 5.91 Å². The monoisotopic (exact) mass is 378 g/mol. The first-order valence-electron chi connectivity index (χ1n) is 7.64. The van der Waals surface area contributed by atoms with E-state index in [4.69, 9.17) is 9.15 Å². The van der Waals surface area contributed by atoms with Crippen molar-refractivity contribution in [1.82, 2.24) is 9.80 Å². The molecule has 2 aromatic rings. The van der Waals surface area contributed by atoms with E-state index in [1.54, 1.807) is 6.07 Å². The molecule has 5 nitrogen and oxygen atoms in total. The Morgan fingerprint density at radius 2 is 2.04 bits per heavy atom. The normalized spacial score (nSPS) is 15.6. The Bertz CT molecular complexity index is 637. The minimum atomic E-state index is 0.0452. The lowest BCUT2D eigenvalue weighted by Crippen LogP contribution is -2.49. The molecule has 23 heavy (non-hydrogen) atoms. The van der Waals surface area contributed by atoms with Crippen LogP contribution in [0.25, 0.3) is 0 Å². The van der Waals surface area contributed by atoms with E-state index < -0.39 is 0 Å². The smallest absolute Gasteiger partial charge is 0.257 e. The molecule has 0 aliphatic carbocycles. The summed E-state index contributed by atoms with van der Waals surface area (Å²) in [6.45, 7) is 4.71. The molecule has 2 heterocycles. The molecule has 1 aromatic heterocycles. The van der Waals surface area contributed by atoms with E-state index in [-0.39, 0.29) is 5.91 Å². The van der Waals surface area contributed by atoms with Gasteiger partial charge in [0.15, 0.2) is 0 Å². The largest absolute Gasteiger partial charge is 0.492 e. The number of amides is 1. The van der Waals surface area contributed by atoms with Crippen molar-refractivity contribution in [3.8, 4) is 5.75 Å². The highest BCUT2D eigenvalue weighted by atomic mass is 79.9. The molecule has 0 spiro atoms. The van der Waals surface area contributed by atoms with Gasteiger partial charge in [-0.3, -0.25) is 9.69 Å². The number of hydrogen-bond acceptors (Lipinski definition) is 4. The van der Waals surface area contributed by atoms with Gasteiger partial charge in [0.05, 0.1) is 11.8 Å². The quantitative estimate of drug-likeness (QED) is 0.802. The van der Waals surface area contributed by atoms with Gasteiger partial charge in [-0.2, -0.15) is 0 Å². The maximum Gasteiger partial charge on any atom is 0.257 e. The van der Waals surface area contributed by atoms with E-state index in [0.717, 1.165) is 42.9 Å². The summed E-state index contributed by atoms with van der Waals surface area (Å²) in [5.74, 6) is 0.914. The summed E-state index contributed by atoms with van der Waals surface area (Å²) in [6, 6.07) is 9.55. The van der Waals surface area contributed by atoms with Crippen LogP contribution in [0, 0.1) is 0 Å². The fraction of sp³-hybridized carbons (Fsp3) is 0.353. The summed E-state index contributed by atoms with van der Waals surface area (Å²) in [4.78, 5) is 16.4. The van der Waals surface area contributed by atoms with Crippen LogP contribution < -0.4 is 4.74 Å². The summed E-state index contributed by atoms with van der Waals surface area (Å²) < 4.78 is 11.7. The van der Waals surface area contributed by atoms with Crippen molar-refractivity contribution < 1.29 is 13.9 Å². The lowest BCUT2D eigenvalue weighted by molar-refractivity contribution is 0.0619. The second-order valence-corrected chi connectivity index (χ2v) is 6.37. The number of piperazine rings is 1. The molecule has 1 aliphatic rings. The molecule has 0 N–H and O–H groups in total. The van der Waals surface area contributed by atoms with E-state index in [1.807, 2.05) is 29.2 Å². The van der Waals surface area contributed by atoms with Crippen molar-refractivity contribution >= 4 is 21.8 Å². The number of ether oxygens (including phenoxy) is 1. The molecular formula is C17H19BrN2O3. The van der Waals surface area contributed by atoms with Crippen molar-refractivity contribution in [2.24, 2.45) is 0 Å². The van der Waals surface area contributed by atoms with Crippen LogP contribution >= 0.6 is 15.9 Å². The number of furan rings is 1. The highest BCUT2D eigenvalue weighted by Gasteiger charge is 2.22. The Morgan fingerprint density at radius 1 is 1.22 bits per heavy atom. The van der Waals surface area contributed by atoms with Crippen molar-refractivity contribution in [2.45, 2.75) is 0 Å². The summed E-state index contributed by atoms with van der Waals surface area (Å²) in [5.41, 5.74) is 0.622. The molecule has 1 amide bonds. The molecule has 1 aliphatic heterocycles. The lowest BCUT2D eigenvalue weighted by atomic mass is 10.2. The molecule has 0 radical (unpaired) electrons. The first-order chi connectivity index (χ1) is 11.2. The predicted molar refractivity (Wildman–Crippen MR) is 90.7 cm³/mol. The van der Waals surface area contributed by atoms with Gasteiger partial charge in [0.2, 0.25) is 0 Å². The molecule has 1 fully saturated rings. The van der Waals surface area contributed by atoms with Gasteiger partial charge in [-0.25, -0.2) is 0 Å². The van der Waals surface area contributed by atoms with Gasteiger partial charge < -0.3 is 14.1 Å². The van der Waals surface area contributed by atoms with Gasteiger partial charge >= 0.3 is 0 Å². The molecule has 0 saturated carbocycles. The third-order valence-electron chi connectivity index (χ3n) is 3.90. The topological polar surface area (TPSA) is 45.9 Å². The molecule has 3 rings (SSSR count). The Hall–Kier alpha value is -1.79. The minimum absolute atomic E-state index is 0.0452. The zero-order valence-corrected chi connectivity index (χ0v) is 14.4. The van der Waals surface area contributed by atoms with E-state index in [9.17, 15) is 4.79 Å². The van der Waals surface area contributed by atoms with Gasteiger partial charge in [0.1, 0.15) is 18.6 Å². The van der Waals surface area contributed by atoms with Crippen LogP contribution in [-0.2, 0) is 0 Å². The number of rotatable bonds is 5. The molecule has 6 heteroatoms. The van der Waals surface area contributed by atoms with Crippen LogP contribution in [0.3, 0.4) is 0 Å². The second kappa shape index (κ2) is 7.66. The van der Waals surface area contributed by atoms with Gasteiger partial charge in [-0.05, 0) is 24.3 Å². The maximum absolute atomic E-state index is 12.2. The average Bonchev–Trinajstić information content (AvgIpc) is 3.09. The average molecular weight is 379 g/mol. The summed E-state index contributed by atoms with van der Waals surface area (Å²) in [7, 11) is 0. The summed E-state index contributed by atoms with van der Waals surface area (Å²) >= 11 is 3.43. The number of carbonyl (C=O) groups excluding carboxylic acids is 1. The Labute approximate surface area is 143 Å². The number of hydrogen-bond donors (Lipinski definition) is 0. The molecular weight excluding hydrogens is 360 g/mol. The molecule has 1 saturated heterocycles. The number of halogens is 1. The number of nitrogens with zero attached hydrogens (tertiary/aromatic N) is 2. The SMILES string of the molecule is O=C(c1ccoc1)N1CCN(CCOc2cccc(Br)c2)CC1. The number of benzene rings is 1. The van der Waals surface area contributed by atoms with Gasteiger partial charge in [0, 0.05) is 37.2 Å². The summed E-state index contributed by atoms with van der Waals surface area (Å²) in [5, 5.41) is 0. The van der Waals surface area contributed by atoms with Crippen molar-refractivity contribution in [3.63, 3.8) is 0 Å². The number of carbonyl (C=O) groups is 1. The van der Waals surface area contributed by atoms with E-state index in [2.05, 4.69) is 20.8 Å². The van der Waals surface area contributed by atoms with Crippen molar-refractivity contribution in [1.29, 1.82) is 0 Å². The van der Waals surface area contributed by atoms with Crippen molar-refractivity contribution in [3.05, 3.63) is 52.9 Å². The first-order valence-corrected chi connectivity index (χ1v) is 8.44.